The highest BCUT2D eigenvalue weighted by molar-refractivity contribution is 7.07. The Hall–Kier alpha value is -1.62. The van der Waals surface area contributed by atoms with Crippen LogP contribution in [0.3, 0.4) is 0 Å². The molecule has 0 saturated carbocycles. The summed E-state index contributed by atoms with van der Waals surface area (Å²) in [5.41, 5.74) is 2.13. The second-order valence-corrected chi connectivity index (χ2v) is 4.27. The monoisotopic (exact) mass is 236 g/mol. The molecule has 0 unspecified atom stereocenters. The number of carbonyl (C=O) groups excluding carboxylic acids is 1. The van der Waals surface area contributed by atoms with Crippen molar-refractivity contribution in [3.05, 3.63) is 40.2 Å². The van der Waals surface area contributed by atoms with Crippen LogP contribution in [0.15, 0.2) is 27.4 Å². The maximum atomic E-state index is 11.8. The van der Waals surface area contributed by atoms with Crippen LogP contribution in [-0.4, -0.2) is 22.8 Å². The van der Waals surface area contributed by atoms with Gasteiger partial charge in [-0.25, -0.2) is 4.98 Å². The van der Waals surface area contributed by atoms with E-state index in [0.29, 0.717) is 12.2 Å². The van der Waals surface area contributed by atoms with Crippen LogP contribution < -0.4 is 0 Å². The highest BCUT2D eigenvalue weighted by Crippen LogP contribution is 2.11. The van der Waals surface area contributed by atoms with Crippen LogP contribution in [0.4, 0.5) is 0 Å². The van der Waals surface area contributed by atoms with Gasteiger partial charge in [0.25, 0.3) is 5.91 Å². The normalized spacial score (nSPS) is 10.4. The van der Waals surface area contributed by atoms with E-state index >= 15 is 0 Å². The molecule has 0 aliphatic rings. The summed E-state index contributed by atoms with van der Waals surface area (Å²) in [5.74, 6) is 1.54. The van der Waals surface area contributed by atoms with Crippen molar-refractivity contribution >= 4 is 17.2 Å². The Morgan fingerprint density at radius 2 is 2.38 bits per heavy atom. The highest BCUT2D eigenvalue weighted by Gasteiger charge is 2.14. The lowest BCUT2D eigenvalue weighted by Gasteiger charge is -2.13. The number of amides is 1. The molecule has 84 valence electrons. The average Bonchev–Trinajstić information content (AvgIpc) is 2.88. The van der Waals surface area contributed by atoms with Gasteiger partial charge >= 0.3 is 0 Å². The summed E-state index contributed by atoms with van der Waals surface area (Å²) < 4.78 is 5.41. The first-order valence-electron chi connectivity index (χ1n) is 4.86. The van der Waals surface area contributed by atoms with E-state index in [4.69, 9.17) is 4.42 Å². The molecule has 0 bridgehead atoms. The van der Waals surface area contributed by atoms with Crippen molar-refractivity contribution < 1.29 is 9.21 Å². The van der Waals surface area contributed by atoms with Gasteiger partial charge in [0, 0.05) is 12.4 Å². The van der Waals surface area contributed by atoms with E-state index in [0.717, 1.165) is 11.5 Å². The maximum Gasteiger partial charge on any atom is 0.273 e. The SMILES string of the molecule is Cc1ccc(CN(C)C(=O)c2cscn2)o1. The molecule has 0 atom stereocenters. The van der Waals surface area contributed by atoms with Crippen molar-refractivity contribution in [3.8, 4) is 0 Å². The number of nitrogens with zero attached hydrogens (tertiary/aromatic N) is 2. The second kappa shape index (κ2) is 4.49. The third-order valence-corrected chi connectivity index (χ3v) is 2.77. The molecule has 0 fully saturated rings. The number of aromatic nitrogens is 1. The molecule has 2 rings (SSSR count). The summed E-state index contributed by atoms with van der Waals surface area (Å²) in [4.78, 5) is 17.4. The Kier molecular flexibility index (Phi) is 3.05. The molecule has 0 aliphatic heterocycles. The van der Waals surface area contributed by atoms with Gasteiger partial charge in [-0.2, -0.15) is 0 Å². The van der Waals surface area contributed by atoms with Crippen molar-refractivity contribution in [2.75, 3.05) is 7.05 Å². The van der Waals surface area contributed by atoms with Crippen molar-refractivity contribution in [1.29, 1.82) is 0 Å². The molecule has 2 aromatic heterocycles. The molecule has 0 radical (unpaired) electrons. The Morgan fingerprint density at radius 3 is 2.94 bits per heavy atom. The molecule has 0 aliphatic carbocycles. The van der Waals surface area contributed by atoms with Crippen molar-refractivity contribution in [2.45, 2.75) is 13.5 Å². The minimum Gasteiger partial charge on any atom is -0.464 e. The summed E-state index contributed by atoms with van der Waals surface area (Å²) in [6, 6.07) is 3.76. The first kappa shape index (κ1) is 10.9. The molecule has 0 spiro atoms. The second-order valence-electron chi connectivity index (χ2n) is 3.55. The van der Waals surface area contributed by atoms with Crippen LogP contribution in [-0.2, 0) is 6.54 Å². The van der Waals surface area contributed by atoms with Gasteiger partial charge in [-0.15, -0.1) is 11.3 Å². The molecule has 0 aromatic carbocycles. The van der Waals surface area contributed by atoms with Crippen LogP contribution >= 0.6 is 11.3 Å². The minimum atomic E-state index is -0.0877. The zero-order valence-corrected chi connectivity index (χ0v) is 9.95. The molecule has 5 heteroatoms. The number of hydrogen-bond donors (Lipinski definition) is 0. The van der Waals surface area contributed by atoms with E-state index < -0.39 is 0 Å². The van der Waals surface area contributed by atoms with Gasteiger partial charge in [-0.05, 0) is 19.1 Å². The fraction of sp³-hybridized carbons (Fsp3) is 0.273. The molecule has 4 nitrogen and oxygen atoms in total. The molecular formula is C11H12N2O2S. The van der Waals surface area contributed by atoms with Gasteiger partial charge in [0.15, 0.2) is 0 Å². The number of furan rings is 1. The van der Waals surface area contributed by atoms with E-state index in [2.05, 4.69) is 4.98 Å². The first-order valence-corrected chi connectivity index (χ1v) is 5.80. The standard InChI is InChI=1S/C11H12N2O2S/c1-8-3-4-9(15-8)5-13(2)11(14)10-6-16-7-12-10/h3-4,6-7H,5H2,1-2H3. The Morgan fingerprint density at radius 1 is 1.56 bits per heavy atom. The van der Waals surface area contributed by atoms with Gasteiger partial charge in [-0.3, -0.25) is 4.79 Å². The van der Waals surface area contributed by atoms with E-state index in [-0.39, 0.29) is 5.91 Å². The number of rotatable bonds is 3. The minimum absolute atomic E-state index is 0.0877. The molecule has 16 heavy (non-hydrogen) atoms. The van der Waals surface area contributed by atoms with Gasteiger partial charge in [0.1, 0.15) is 17.2 Å². The lowest BCUT2D eigenvalue weighted by molar-refractivity contribution is 0.0770. The Balaban J connectivity index is 2.03. The smallest absolute Gasteiger partial charge is 0.273 e. The fourth-order valence-corrected chi connectivity index (χ4v) is 1.92. The zero-order valence-electron chi connectivity index (χ0n) is 9.14. The van der Waals surface area contributed by atoms with Gasteiger partial charge in [-0.1, -0.05) is 0 Å². The first-order chi connectivity index (χ1) is 7.66. The van der Waals surface area contributed by atoms with Crippen LogP contribution in [0.5, 0.6) is 0 Å². The zero-order chi connectivity index (χ0) is 11.5. The number of hydrogen-bond acceptors (Lipinski definition) is 4. The van der Waals surface area contributed by atoms with Crippen LogP contribution in [0.25, 0.3) is 0 Å². The van der Waals surface area contributed by atoms with E-state index in [1.54, 1.807) is 22.8 Å². The van der Waals surface area contributed by atoms with E-state index in [9.17, 15) is 4.79 Å². The van der Waals surface area contributed by atoms with E-state index in [1.165, 1.54) is 11.3 Å². The van der Waals surface area contributed by atoms with E-state index in [1.807, 2.05) is 19.1 Å². The molecule has 0 saturated heterocycles. The molecule has 2 heterocycles. The largest absolute Gasteiger partial charge is 0.464 e. The quantitative estimate of drug-likeness (QED) is 0.821. The summed E-state index contributed by atoms with van der Waals surface area (Å²) in [5, 5.41) is 1.74. The van der Waals surface area contributed by atoms with Crippen LogP contribution in [0, 0.1) is 6.92 Å². The summed E-state index contributed by atoms with van der Waals surface area (Å²) >= 11 is 1.41. The molecule has 0 N–H and O–H groups in total. The highest BCUT2D eigenvalue weighted by atomic mass is 32.1. The van der Waals surface area contributed by atoms with Crippen molar-refractivity contribution in [1.82, 2.24) is 9.88 Å². The van der Waals surface area contributed by atoms with Crippen LogP contribution in [0.1, 0.15) is 22.0 Å². The topological polar surface area (TPSA) is 46.3 Å². The summed E-state index contributed by atoms with van der Waals surface area (Å²) in [7, 11) is 1.74. The summed E-state index contributed by atoms with van der Waals surface area (Å²) in [6.07, 6.45) is 0. The van der Waals surface area contributed by atoms with Gasteiger partial charge < -0.3 is 9.32 Å². The molecule has 1 amide bonds. The lowest BCUT2D eigenvalue weighted by Crippen LogP contribution is -2.26. The number of thiazole rings is 1. The van der Waals surface area contributed by atoms with Gasteiger partial charge in [0.05, 0.1) is 12.1 Å². The number of carbonyl (C=O) groups is 1. The maximum absolute atomic E-state index is 11.8. The predicted molar refractivity (Wildman–Crippen MR) is 61.4 cm³/mol. The predicted octanol–water partition coefficient (Wildman–Crippen LogP) is 2.32. The Labute approximate surface area is 97.5 Å². The van der Waals surface area contributed by atoms with Crippen molar-refractivity contribution in [3.63, 3.8) is 0 Å². The van der Waals surface area contributed by atoms with Crippen LogP contribution in [0.2, 0.25) is 0 Å². The fourth-order valence-electron chi connectivity index (χ4n) is 1.39. The van der Waals surface area contributed by atoms with Gasteiger partial charge in [0.2, 0.25) is 0 Å². The molecule has 2 aromatic rings. The third-order valence-electron chi connectivity index (χ3n) is 2.19. The average molecular weight is 236 g/mol. The summed E-state index contributed by atoms with van der Waals surface area (Å²) in [6.45, 7) is 2.34. The third kappa shape index (κ3) is 2.30. The van der Waals surface area contributed by atoms with Crippen molar-refractivity contribution in [2.24, 2.45) is 0 Å². The Bertz CT molecular complexity index is 476. The molecular weight excluding hydrogens is 224 g/mol. The number of aryl methyl sites for hydroxylation is 1. The lowest BCUT2D eigenvalue weighted by atomic mass is 10.3.